The van der Waals surface area contributed by atoms with Gasteiger partial charge in [-0.25, -0.2) is 4.98 Å². The predicted molar refractivity (Wildman–Crippen MR) is 141 cm³/mol. The molecule has 1 atom stereocenters. The maximum Gasteiger partial charge on any atom is 0.132 e. The van der Waals surface area contributed by atoms with Crippen molar-refractivity contribution in [2.45, 2.75) is 53.1 Å². The van der Waals surface area contributed by atoms with Crippen LogP contribution >= 0.6 is 0 Å². The fourth-order valence-electron chi connectivity index (χ4n) is 3.72. The number of allylic oxidation sites excluding steroid dienone is 3. The summed E-state index contributed by atoms with van der Waals surface area (Å²) in [6.45, 7) is 19.4. The molecular weight excluding hydrogens is 406 g/mol. The highest BCUT2D eigenvalue weighted by Crippen LogP contribution is 2.20. The monoisotopic (exact) mass is 445 g/mol. The Morgan fingerprint density at radius 1 is 1.21 bits per heavy atom. The summed E-state index contributed by atoms with van der Waals surface area (Å²) in [5, 5.41) is 3.44. The zero-order valence-corrected chi connectivity index (χ0v) is 20.6. The molecule has 176 valence electrons. The number of pyridine rings is 2. The molecule has 1 unspecified atom stereocenters. The summed E-state index contributed by atoms with van der Waals surface area (Å²) in [7, 11) is 0. The zero-order valence-electron chi connectivity index (χ0n) is 20.6. The van der Waals surface area contributed by atoms with Crippen LogP contribution in [0, 0.1) is 6.92 Å². The molecule has 0 amide bonds. The van der Waals surface area contributed by atoms with Crippen LogP contribution in [0.4, 0.5) is 5.82 Å². The molecule has 33 heavy (non-hydrogen) atoms. The van der Waals surface area contributed by atoms with E-state index in [-0.39, 0.29) is 0 Å². The van der Waals surface area contributed by atoms with Crippen molar-refractivity contribution in [1.29, 1.82) is 0 Å². The first-order chi connectivity index (χ1) is 15.9. The van der Waals surface area contributed by atoms with Crippen LogP contribution < -0.4 is 11.1 Å². The third-order valence-corrected chi connectivity index (χ3v) is 5.93. The Kier molecular flexibility index (Phi) is 10.6. The fraction of sp³-hybridized carbons (Fsp3) is 0.357. The quantitative estimate of drug-likeness (QED) is 0.388. The number of aryl methyl sites for hydroxylation is 1. The number of hydrogen-bond donors (Lipinski definition) is 2. The lowest BCUT2D eigenvalue weighted by atomic mass is 10.0. The van der Waals surface area contributed by atoms with Gasteiger partial charge in [-0.1, -0.05) is 44.4 Å². The molecule has 2 heterocycles. The second kappa shape index (κ2) is 13.4. The molecule has 0 saturated carbocycles. The van der Waals surface area contributed by atoms with E-state index < -0.39 is 0 Å². The summed E-state index contributed by atoms with van der Waals surface area (Å²) in [6, 6.07) is 8.29. The highest BCUT2D eigenvalue weighted by Gasteiger charge is 2.20. The van der Waals surface area contributed by atoms with E-state index in [9.17, 15) is 0 Å². The summed E-state index contributed by atoms with van der Waals surface area (Å²) < 4.78 is 0. The molecule has 0 aliphatic carbocycles. The SMILES string of the molecule is C=C(CN(Cc1ncccc1C)C(CC)CCNC(=C)c1cccnc1N)/C(C)=C\C=C/C. The molecule has 2 rings (SSSR count). The van der Waals surface area contributed by atoms with E-state index in [1.807, 2.05) is 37.4 Å². The van der Waals surface area contributed by atoms with Gasteiger partial charge in [0.2, 0.25) is 0 Å². The number of nitrogen functional groups attached to an aromatic ring is 1. The molecule has 0 saturated heterocycles. The van der Waals surface area contributed by atoms with Gasteiger partial charge in [0.25, 0.3) is 0 Å². The average molecular weight is 446 g/mol. The Morgan fingerprint density at radius 2 is 1.94 bits per heavy atom. The minimum Gasteiger partial charge on any atom is -0.385 e. The molecule has 0 radical (unpaired) electrons. The first-order valence-electron chi connectivity index (χ1n) is 11.6. The summed E-state index contributed by atoms with van der Waals surface area (Å²) in [6.07, 6.45) is 11.8. The molecule has 0 aliphatic heterocycles. The Bertz CT molecular complexity index is 989. The lowest BCUT2D eigenvalue weighted by Gasteiger charge is -2.32. The Labute approximate surface area is 199 Å². The number of anilines is 1. The van der Waals surface area contributed by atoms with Gasteiger partial charge in [-0.2, -0.15) is 0 Å². The second-order valence-corrected chi connectivity index (χ2v) is 8.34. The maximum absolute atomic E-state index is 6.00. The summed E-state index contributed by atoms with van der Waals surface area (Å²) >= 11 is 0. The van der Waals surface area contributed by atoms with E-state index in [0.29, 0.717) is 11.9 Å². The average Bonchev–Trinajstić information content (AvgIpc) is 2.81. The van der Waals surface area contributed by atoms with Gasteiger partial charge in [-0.3, -0.25) is 9.88 Å². The maximum atomic E-state index is 6.00. The van der Waals surface area contributed by atoms with Crippen LogP contribution in [0.5, 0.6) is 0 Å². The Morgan fingerprint density at radius 3 is 2.61 bits per heavy atom. The van der Waals surface area contributed by atoms with Gasteiger partial charge < -0.3 is 11.1 Å². The fourth-order valence-corrected chi connectivity index (χ4v) is 3.72. The van der Waals surface area contributed by atoms with Crippen LogP contribution in [0.25, 0.3) is 5.70 Å². The molecule has 0 fully saturated rings. The molecule has 0 aromatic carbocycles. The van der Waals surface area contributed by atoms with Gasteiger partial charge in [-0.05, 0) is 68.5 Å². The first kappa shape index (κ1) is 26.1. The third-order valence-electron chi connectivity index (χ3n) is 5.93. The van der Waals surface area contributed by atoms with Gasteiger partial charge in [0, 0.05) is 49.3 Å². The van der Waals surface area contributed by atoms with Crippen molar-refractivity contribution in [3.8, 4) is 0 Å². The molecule has 5 nitrogen and oxygen atoms in total. The molecule has 2 aromatic heterocycles. The lowest BCUT2D eigenvalue weighted by Crippen LogP contribution is -2.38. The molecule has 5 heteroatoms. The summed E-state index contributed by atoms with van der Waals surface area (Å²) in [5.41, 5.74) is 12.3. The van der Waals surface area contributed by atoms with Crippen LogP contribution in [0.3, 0.4) is 0 Å². The van der Waals surface area contributed by atoms with E-state index >= 15 is 0 Å². The molecule has 0 bridgehead atoms. The Hall–Kier alpha value is -3.18. The smallest absolute Gasteiger partial charge is 0.132 e. The molecule has 2 aromatic rings. The topological polar surface area (TPSA) is 67.1 Å². The van der Waals surface area contributed by atoms with Crippen LogP contribution in [-0.2, 0) is 6.54 Å². The number of hydrogen-bond acceptors (Lipinski definition) is 5. The van der Waals surface area contributed by atoms with Crippen molar-refractivity contribution in [1.82, 2.24) is 20.2 Å². The molecule has 0 aliphatic rings. The normalized spacial score (nSPS) is 12.8. The van der Waals surface area contributed by atoms with E-state index in [0.717, 1.165) is 55.0 Å². The Balaban J connectivity index is 2.12. The van der Waals surface area contributed by atoms with Gasteiger partial charge >= 0.3 is 0 Å². The number of nitrogens with zero attached hydrogens (tertiary/aromatic N) is 3. The number of aromatic nitrogens is 2. The van der Waals surface area contributed by atoms with Crippen LogP contribution in [-0.4, -0.2) is 34.0 Å². The van der Waals surface area contributed by atoms with Gasteiger partial charge in [0.15, 0.2) is 0 Å². The highest BCUT2D eigenvalue weighted by molar-refractivity contribution is 5.69. The number of nitrogens with one attached hydrogen (secondary N) is 1. The van der Waals surface area contributed by atoms with E-state index in [1.54, 1.807) is 6.20 Å². The predicted octanol–water partition coefficient (Wildman–Crippen LogP) is 5.68. The van der Waals surface area contributed by atoms with Crippen molar-refractivity contribution in [3.05, 3.63) is 96.0 Å². The van der Waals surface area contributed by atoms with Crippen LogP contribution in [0.1, 0.15) is 50.4 Å². The van der Waals surface area contributed by atoms with Crippen molar-refractivity contribution in [2.75, 3.05) is 18.8 Å². The van der Waals surface area contributed by atoms with Crippen molar-refractivity contribution < 1.29 is 0 Å². The van der Waals surface area contributed by atoms with E-state index in [1.165, 1.54) is 11.1 Å². The van der Waals surface area contributed by atoms with Crippen molar-refractivity contribution in [3.63, 3.8) is 0 Å². The minimum atomic E-state index is 0.365. The van der Waals surface area contributed by atoms with Gasteiger partial charge in [0.05, 0.1) is 5.69 Å². The standard InChI is InChI=1S/C28H39N5/c1-7-9-12-21(3)23(5)19-33(20-27-22(4)13-10-16-31-27)25(8-2)15-18-30-24(6)26-14-11-17-32-28(26)29/h7,9-14,16-17,25,30H,5-6,8,15,18-20H2,1-4H3,(H2,29,32)/b9-7-,21-12-. The largest absolute Gasteiger partial charge is 0.385 e. The molecule has 3 N–H and O–H groups in total. The lowest BCUT2D eigenvalue weighted by molar-refractivity contribution is 0.187. The number of nitrogens with two attached hydrogens (primary N) is 1. The number of rotatable bonds is 13. The van der Waals surface area contributed by atoms with Crippen LogP contribution in [0.15, 0.2) is 79.2 Å². The molecule has 0 spiro atoms. The summed E-state index contributed by atoms with van der Waals surface area (Å²) in [5.74, 6) is 0.494. The third kappa shape index (κ3) is 8.03. The zero-order chi connectivity index (χ0) is 24.2. The van der Waals surface area contributed by atoms with Crippen molar-refractivity contribution in [2.24, 2.45) is 0 Å². The van der Waals surface area contributed by atoms with Crippen LogP contribution in [0.2, 0.25) is 0 Å². The van der Waals surface area contributed by atoms with E-state index in [4.69, 9.17) is 5.73 Å². The molecular formula is C28H39N5. The van der Waals surface area contributed by atoms with E-state index in [2.05, 4.69) is 72.3 Å². The highest BCUT2D eigenvalue weighted by atomic mass is 15.2. The second-order valence-electron chi connectivity index (χ2n) is 8.34. The first-order valence-corrected chi connectivity index (χ1v) is 11.6. The summed E-state index contributed by atoms with van der Waals surface area (Å²) in [4.78, 5) is 11.3. The van der Waals surface area contributed by atoms with Gasteiger partial charge in [0.1, 0.15) is 5.82 Å². The van der Waals surface area contributed by atoms with Crippen molar-refractivity contribution >= 4 is 11.5 Å². The minimum absolute atomic E-state index is 0.365. The van der Waals surface area contributed by atoms with Gasteiger partial charge in [-0.15, -0.1) is 0 Å².